The number of thiazole rings is 1. The highest BCUT2D eigenvalue weighted by atomic mass is 32.1. The third-order valence-corrected chi connectivity index (χ3v) is 8.37. The quantitative estimate of drug-likeness (QED) is 0.255. The minimum Gasteiger partial charge on any atom is -0.497 e. The summed E-state index contributed by atoms with van der Waals surface area (Å²) in [4.78, 5) is 33.2. The van der Waals surface area contributed by atoms with Crippen LogP contribution in [0.1, 0.15) is 35.2 Å². The summed E-state index contributed by atoms with van der Waals surface area (Å²) in [5.41, 5.74) is 4.21. The first-order chi connectivity index (χ1) is 21.9. The number of carbonyl (C=O) groups excluding carboxylic acids is 1. The van der Waals surface area contributed by atoms with E-state index in [1.54, 1.807) is 36.8 Å². The number of para-hydroxylation sites is 2. The molecule has 5 aromatic rings. The van der Waals surface area contributed by atoms with Gasteiger partial charge in [-0.25, -0.2) is 4.99 Å². The number of methoxy groups -OCH3 is 1. The number of nitrogens with zero attached hydrogens (tertiary/aromatic N) is 3. The van der Waals surface area contributed by atoms with Crippen LogP contribution in [0.2, 0.25) is 0 Å². The van der Waals surface area contributed by atoms with Crippen molar-refractivity contribution in [2.75, 3.05) is 12.4 Å². The number of allylic oxidation sites excluding steroid dienone is 1. The van der Waals surface area contributed by atoms with Gasteiger partial charge in [-0.2, -0.15) is 5.26 Å². The normalized spacial score (nSPS) is 14.2. The Bertz CT molecular complexity index is 2140. The molecule has 1 aliphatic heterocycles. The van der Waals surface area contributed by atoms with E-state index in [4.69, 9.17) is 19.7 Å². The second-order valence-electron chi connectivity index (χ2n) is 10.3. The van der Waals surface area contributed by atoms with Gasteiger partial charge in [0.15, 0.2) is 4.80 Å². The smallest absolute Gasteiger partial charge is 0.271 e. The van der Waals surface area contributed by atoms with Gasteiger partial charge in [-0.15, -0.1) is 0 Å². The molecule has 0 unspecified atom stereocenters. The van der Waals surface area contributed by atoms with Crippen molar-refractivity contribution in [2.45, 2.75) is 19.6 Å². The van der Waals surface area contributed by atoms with Crippen molar-refractivity contribution in [3.8, 4) is 17.6 Å². The van der Waals surface area contributed by atoms with E-state index in [9.17, 15) is 9.59 Å². The van der Waals surface area contributed by atoms with Crippen LogP contribution in [0.3, 0.4) is 0 Å². The second kappa shape index (κ2) is 12.9. The van der Waals surface area contributed by atoms with E-state index >= 15 is 0 Å². The van der Waals surface area contributed by atoms with Crippen molar-refractivity contribution in [2.24, 2.45) is 4.99 Å². The van der Waals surface area contributed by atoms with Crippen LogP contribution in [0.15, 0.2) is 124 Å². The number of hydrogen-bond donors (Lipinski definition) is 1. The van der Waals surface area contributed by atoms with Crippen molar-refractivity contribution in [1.29, 1.82) is 5.26 Å². The number of ether oxygens (including phenoxy) is 2. The van der Waals surface area contributed by atoms with Crippen LogP contribution < -0.4 is 29.7 Å². The van der Waals surface area contributed by atoms with Crippen molar-refractivity contribution in [1.82, 2.24) is 4.57 Å². The Kier molecular flexibility index (Phi) is 8.40. The average molecular weight is 613 g/mol. The molecule has 45 heavy (non-hydrogen) atoms. The predicted octanol–water partition coefficient (Wildman–Crippen LogP) is 5.33. The van der Waals surface area contributed by atoms with Gasteiger partial charge in [0.1, 0.15) is 18.1 Å². The van der Waals surface area contributed by atoms with Gasteiger partial charge in [0.2, 0.25) is 0 Å². The van der Waals surface area contributed by atoms with Gasteiger partial charge < -0.3 is 14.8 Å². The SMILES string of the molecule is COc1cccc([C@@H]2C(C(=O)Nc3ccccc3)=C(C)N=c3s/c(=C\c4ccccc4OCc4ccc(C#N)cc4)c(=O)n32)c1. The lowest BCUT2D eigenvalue weighted by molar-refractivity contribution is -0.113. The lowest BCUT2D eigenvalue weighted by atomic mass is 9.95. The van der Waals surface area contributed by atoms with Gasteiger partial charge in [0.25, 0.3) is 11.5 Å². The summed E-state index contributed by atoms with van der Waals surface area (Å²) in [5.74, 6) is 0.877. The van der Waals surface area contributed by atoms with Gasteiger partial charge >= 0.3 is 0 Å². The highest BCUT2D eigenvalue weighted by molar-refractivity contribution is 7.07. The molecule has 0 saturated heterocycles. The molecule has 1 aliphatic rings. The fourth-order valence-corrected chi connectivity index (χ4v) is 6.21. The van der Waals surface area contributed by atoms with Crippen LogP contribution in [0, 0.1) is 11.3 Å². The third-order valence-electron chi connectivity index (χ3n) is 7.39. The first kappa shape index (κ1) is 29.4. The Labute approximate surface area is 263 Å². The third kappa shape index (κ3) is 6.18. The van der Waals surface area contributed by atoms with Gasteiger partial charge in [-0.1, -0.05) is 72.0 Å². The number of carbonyl (C=O) groups is 1. The minimum atomic E-state index is -0.731. The molecule has 1 aromatic heterocycles. The molecule has 222 valence electrons. The van der Waals surface area contributed by atoms with E-state index in [-0.39, 0.29) is 11.5 Å². The van der Waals surface area contributed by atoms with Gasteiger partial charge in [-0.05, 0) is 66.6 Å². The van der Waals surface area contributed by atoms with E-state index in [2.05, 4.69) is 11.4 Å². The first-order valence-corrected chi connectivity index (χ1v) is 15.0. The van der Waals surface area contributed by atoms with E-state index in [1.807, 2.05) is 91.0 Å². The summed E-state index contributed by atoms with van der Waals surface area (Å²) in [5, 5.41) is 12.0. The summed E-state index contributed by atoms with van der Waals surface area (Å²) in [6.07, 6.45) is 1.80. The van der Waals surface area contributed by atoms with E-state index in [1.165, 1.54) is 11.3 Å². The zero-order valence-electron chi connectivity index (χ0n) is 24.6. The highest BCUT2D eigenvalue weighted by Gasteiger charge is 2.32. The van der Waals surface area contributed by atoms with E-state index < -0.39 is 6.04 Å². The molecular weight excluding hydrogens is 584 g/mol. The van der Waals surface area contributed by atoms with Crippen LogP contribution in [-0.4, -0.2) is 17.6 Å². The molecule has 0 bridgehead atoms. The van der Waals surface area contributed by atoms with Crippen LogP contribution in [0.4, 0.5) is 5.69 Å². The van der Waals surface area contributed by atoms with Crippen molar-refractivity contribution < 1.29 is 14.3 Å². The predicted molar refractivity (Wildman–Crippen MR) is 174 cm³/mol. The average Bonchev–Trinajstić information content (AvgIpc) is 3.37. The maximum atomic E-state index is 14.2. The molecular formula is C36H28N4O4S. The number of nitriles is 1. The number of fused-ring (bicyclic) bond motifs is 1. The minimum absolute atomic E-state index is 0.272. The summed E-state index contributed by atoms with van der Waals surface area (Å²) in [6.45, 7) is 2.09. The van der Waals surface area contributed by atoms with Crippen LogP contribution in [-0.2, 0) is 11.4 Å². The Balaban J connectivity index is 1.41. The molecule has 6 rings (SSSR count). The number of anilines is 1. The molecule has 1 atom stereocenters. The maximum absolute atomic E-state index is 14.2. The highest BCUT2D eigenvalue weighted by Crippen LogP contribution is 2.32. The fourth-order valence-electron chi connectivity index (χ4n) is 5.17. The summed E-state index contributed by atoms with van der Waals surface area (Å²) in [6, 6.07) is 32.6. The van der Waals surface area contributed by atoms with Crippen LogP contribution in [0.5, 0.6) is 11.5 Å². The van der Waals surface area contributed by atoms with Crippen molar-refractivity contribution in [3.63, 3.8) is 0 Å². The van der Waals surface area contributed by atoms with Gasteiger partial charge in [0, 0.05) is 11.3 Å². The number of rotatable bonds is 8. The van der Waals surface area contributed by atoms with Crippen molar-refractivity contribution >= 4 is 29.0 Å². The molecule has 8 nitrogen and oxygen atoms in total. The fraction of sp³-hybridized carbons (Fsp3) is 0.111. The van der Waals surface area contributed by atoms with Crippen LogP contribution in [0.25, 0.3) is 6.08 Å². The second-order valence-corrected chi connectivity index (χ2v) is 11.3. The number of hydrogen-bond acceptors (Lipinski definition) is 7. The number of nitrogens with one attached hydrogen (secondary N) is 1. The molecule has 0 radical (unpaired) electrons. The Morgan fingerprint density at radius 3 is 2.53 bits per heavy atom. The molecule has 4 aromatic carbocycles. The Morgan fingerprint density at radius 1 is 1.02 bits per heavy atom. The van der Waals surface area contributed by atoms with Crippen molar-refractivity contribution in [3.05, 3.63) is 156 Å². The van der Waals surface area contributed by atoms with Crippen LogP contribution >= 0.6 is 11.3 Å². The van der Waals surface area contributed by atoms with Gasteiger partial charge in [-0.3, -0.25) is 14.2 Å². The first-order valence-electron chi connectivity index (χ1n) is 14.2. The topological polar surface area (TPSA) is 106 Å². The number of aromatic nitrogens is 1. The lowest BCUT2D eigenvalue weighted by Crippen LogP contribution is -2.40. The largest absolute Gasteiger partial charge is 0.497 e. The van der Waals surface area contributed by atoms with E-state index in [0.29, 0.717) is 50.0 Å². The monoisotopic (exact) mass is 612 g/mol. The standard InChI is InChI=1S/C36H28N4O4S/c1-23-32(34(41)39-28-11-4-3-5-12-28)33(27-10-8-13-29(19-27)43-2)40-35(42)31(45-36(40)38-23)20-26-9-6-7-14-30(26)44-22-25-17-15-24(21-37)16-18-25/h3-20,33H,22H2,1-2H3,(H,39,41)/b31-20-/t33-/m1/s1. The molecule has 1 amide bonds. The lowest BCUT2D eigenvalue weighted by Gasteiger charge is -2.25. The molecule has 9 heteroatoms. The summed E-state index contributed by atoms with van der Waals surface area (Å²) >= 11 is 1.26. The molecule has 0 saturated carbocycles. The number of benzene rings is 4. The number of amides is 1. The molecule has 0 fully saturated rings. The maximum Gasteiger partial charge on any atom is 0.271 e. The molecule has 0 aliphatic carbocycles. The zero-order chi connectivity index (χ0) is 31.3. The Hall–Kier alpha value is -5.72. The van der Waals surface area contributed by atoms with E-state index in [0.717, 1.165) is 16.7 Å². The summed E-state index contributed by atoms with van der Waals surface area (Å²) in [7, 11) is 1.58. The van der Waals surface area contributed by atoms with Gasteiger partial charge in [0.05, 0.1) is 40.6 Å². The molecule has 1 N–H and O–H groups in total. The Morgan fingerprint density at radius 2 is 1.78 bits per heavy atom. The zero-order valence-corrected chi connectivity index (χ0v) is 25.4. The summed E-state index contributed by atoms with van der Waals surface area (Å²) < 4.78 is 13.7. The molecule has 0 spiro atoms. The molecule has 2 heterocycles.